The highest BCUT2D eigenvalue weighted by Gasteiger charge is 2.55. The van der Waals surface area contributed by atoms with Crippen LogP contribution in [0.2, 0.25) is 0 Å². The van der Waals surface area contributed by atoms with Gasteiger partial charge in [0.15, 0.2) is 0 Å². The molecule has 0 spiro atoms. The number of para-hydroxylation sites is 1. The van der Waals surface area contributed by atoms with E-state index in [1.54, 1.807) is 15.9 Å². The number of fused-ring (bicyclic) bond motifs is 3. The van der Waals surface area contributed by atoms with Gasteiger partial charge in [-0.25, -0.2) is 9.18 Å². The van der Waals surface area contributed by atoms with E-state index < -0.39 is 11.8 Å². The number of nitrogens with zero attached hydrogens (tertiary/aromatic N) is 2. The Hall–Kier alpha value is -3.71. The Bertz CT molecular complexity index is 1190. The molecular formula is C26H24FN3O3. The summed E-state index contributed by atoms with van der Waals surface area (Å²) in [7, 11) is 0. The maximum atomic E-state index is 13.6. The van der Waals surface area contributed by atoms with Crippen molar-refractivity contribution in [3.8, 4) is 0 Å². The number of rotatable bonds is 4. The summed E-state index contributed by atoms with van der Waals surface area (Å²) in [5.74, 6) is -0.565. The molecule has 1 saturated heterocycles. The van der Waals surface area contributed by atoms with Crippen LogP contribution in [0.4, 0.5) is 20.6 Å². The normalized spacial score (nSPS) is 21.0. The molecule has 7 heteroatoms. The van der Waals surface area contributed by atoms with E-state index in [1.165, 1.54) is 18.2 Å². The lowest BCUT2D eigenvalue weighted by Gasteiger charge is -2.58. The summed E-state index contributed by atoms with van der Waals surface area (Å²) in [5.41, 5.74) is 2.92. The molecule has 0 aliphatic carbocycles. The van der Waals surface area contributed by atoms with Crippen LogP contribution in [0.5, 0.6) is 0 Å². The van der Waals surface area contributed by atoms with Gasteiger partial charge in [0.2, 0.25) is 5.91 Å². The number of aliphatic hydroxyl groups is 1. The number of likely N-dealkylation sites (tertiary alicyclic amines) is 1. The molecule has 0 radical (unpaired) electrons. The molecule has 0 aromatic heterocycles. The van der Waals surface area contributed by atoms with Gasteiger partial charge in [0.1, 0.15) is 5.82 Å². The molecule has 2 heterocycles. The fourth-order valence-electron chi connectivity index (χ4n) is 5.05. The van der Waals surface area contributed by atoms with E-state index in [1.807, 2.05) is 54.6 Å². The van der Waals surface area contributed by atoms with Gasteiger partial charge >= 0.3 is 6.03 Å². The van der Waals surface area contributed by atoms with Crippen molar-refractivity contribution >= 4 is 23.3 Å². The number of hydrogen-bond donors (Lipinski definition) is 2. The summed E-state index contributed by atoms with van der Waals surface area (Å²) >= 11 is 0. The SMILES string of the molecule is O=C(Nc1cccc(F)c1)N1C[C@@H]2[C@H](c3ccccc31)[C@H](CO)N2C(=O)Cc1ccccc1. The largest absolute Gasteiger partial charge is 0.394 e. The number of nitrogens with one attached hydrogen (secondary N) is 1. The summed E-state index contributed by atoms with van der Waals surface area (Å²) in [6, 6.07) is 21.8. The summed E-state index contributed by atoms with van der Waals surface area (Å²) in [6.45, 7) is 0.144. The lowest BCUT2D eigenvalue weighted by molar-refractivity contribution is -0.149. The Morgan fingerprint density at radius 2 is 1.76 bits per heavy atom. The molecule has 2 aliphatic rings. The molecule has 0 bridgehead atoms. The zero-order chi connectivity index (χ0) is 22.9. The van der Waals surface area contributed by atoms with Crippen molar-refractivity contribution in [3.63, 3.8) is 0 Å². The van der Waals surface area contributed by atoms with Crippen molar-refractivity contribution in [3.05, 3.63) is 95.8 Å². The highest BCUT2D eigenvalue weighted by molar-refractivity contribution is 6.03. The predicted octanol–water partition coefficient (Wildman–Crippen LogP) is 3.78. The smallest absolute Gasteiger partial charge is 0.326 e. The number of aliphatic hydroxyl groups excluding tert-OH is 1. The Labute approximate surface area is 191 Å². The van der Waals surface area contributed by atoms with Crippen LogP contribution in [0.25, 0.3) is 0 Å². The van der Waals surface area contributed by atoms with E-state index in [2.05, 4.69) is 5.32 Å². The summed E-state index contributed by atoms with van der Waals surface area (Å²) in [5, 5.41) is 12.9. The Morgan fingerprint density at radius 1 is 1.00 bits per heavy atom. The molecular weight excluding hydrogens is 421 g/mol. The van der Waals surface area contributed by atoms with Crippen molar-refractivity contribution in [2.75, 3.05) is 23.4 Å². The van der Waals surface area contributed by atoms with Gasteiger partial charge in [-0.2, -0.15) is 0 Å². The van der Waals surface area contributed by atoms with Crippen LogP contribution in [0.1, 0.15) is 17.0 Å². The third-order valence-electron chi connectivity index (χ3n) is 6.49. The number of hydrogen-bond acceptors (Lipinski definition) is 3. The van der Waals surface area contributed by atoms with Crippen LogP contribution < -0.4 is 10.2 Å². The molecule has 0 saturated carbocycles. The lowest BCUT2D eigenvalue weighted by atomic mass is 9.71. The van der Waals surface area contributed by atoms with Gasteiger partial charge in [0.25, 0.3) is 0 Å². The number of carbonyl (C=O) groups excluding carboxylic acids is 2. The number of urea groups is 1. The molecule has 6 nitrogen and oxygen atoms in total. The van der Waals surface area contributed by atoms with Gasteiger partial charge in [-0.15, -0.1) is 0 Å². The Kier molecular flexibility index (Phi) is 5.56. The summed E-state index contributed by atoms with van der Waals surface area (Å²) in [4.78, 5) is 29.7. The maximum Gasteiger partial charge on any atom is 0.326 e. The second-order valence-corrected chi connectivity index (χ2v) is 8.42. The minimum atomic E-state index is -0.436. The van der Waals surface area contributed by atoms with E-state index >= 15 is 0 Å². The molecule has 2 N–H and O–H groups in total. The van der Waals surface area contributed by atoms with E-state index in [0.717, 1.165) is 16.8 Å². The average Bonchev–Trinajstić information content (AvgIpc) is 2.80. The van der Waals surface area contributed by atoms with E-state index in [0.29, 0.717) is 12.2 Å². The number of carbonyl (C=O) groups is 2. The summed E-state index contributed by atoms with van der Waals surface area (Å²) < 4.78 is 13.6. The first-order chi connectivity index (χ1) is 16.1. The predicted molar refractivity (Wildman–Crippen MR) is 124 cm³/mol. The molecule has 0 unspecified atom stereocenters. The van der Waals surface area contributed by atoms with E-state index in [9.17, 15) is 19.1 Å². The van der Waals surface area contributed by atoms with Crippen LogP contribution in [0.3, 0.4) is 0 Å². The lowest BCUT2D eigenvalue weighted by Crippen LogP contribution is -2.71. The van der Waals surface area contributed by atoms with Gasteiger partial charge in [-0.3, -0.25) is 9.69 Å². The second kappa shape index (κ2) is 8.67. The average molecular weight is 445 g/mol. The first kappa shape index (κ1) is 21.2. The molecule has 2 aliphatic heterocycles. The van der Waals surface area contributed by atoms with Gasteiger partial charge in [0.05, 0.1) is 25.1 Å². The first-order valence-corrected chi connectivity index (χ1v) is 11.0. The van der Waals surface area contributed by atoms with Crippen molar-refractivity contribution in [1.82, 2.24) is 4.90 Å². The fourth-order valence-corrected chi connectivity index (χ4v) is 5.05. The van der Waals surface area contributed by atoms with Crippen molar-refractivity contribution in [2.45, 2.75) is 24.4 Å². The van der Waals surface area contributed by atoms with Crippen LogP contribution >= 0.6 is 0 Å². The van der Waals surface area contributed by atoms with Crippen LogP contribution in [-0.4, -0.2) is 47.2 Å². The molecule has 3 aromatic rings. The van der Waals surface area contributed by atoms with Crippen LogP contribution in [0.15, 0.2) is 78.9 Å². The highest BCUT2D eigenvalue weighted by Crippen LogP contribution is 2.48. The van der Waals surface area contributed by atoms with Gasteiger partial charge in [-0.05, 0) is 35.4 Å². The molecule has 168 valence electrons. The molecule has 3 aromatic carbocycles. The summed E-state index contributed by atoms with van der Waals surface area (Å²) in [6.07, 6.45) is 0.234. The highest BCUT2D eigenvalue weighted by atomic mass is 19.1. The quantitative estimate of drug-likeness (QED) is 0.642. The first-order valence-electron chi connectivity index (χ1n) is 11.0. The topological polar surface area (TPSA) is 72.9 Å². The number of anilines is 2. The number of halogens is 1. The number of amides is 3. The van der Waals surface area contributed by atoms with E-state index in [-0.39, 0.29) is 36.9 Å². The van der Waals surface area contributed by atoms with Crippen LogP contribution in [0, 0.1) is 5.82 Å². The molecule has 3 atom stereocenters. The fraction of sp³-hybridized carbons (Fsp3) is 0.231. The van der Waals surface area contributed by atoms with Crippen molar-refractivity contribution in [1.29, 1.82) is 0 Å². The molecule has 3 amide bonds. The molecule has 1 fully saturated rings. The molecule has 33 heavy (non-hydrogen) atoms. The third kappa shape index (κ3) is 3.85. The maximum absolute atomic E-state index is 13.6. The van der Waals surface area contributed by atoms with E-state index in [4.69, 9.17) is 0 Å². The third-order valence-corrected chi connectivity index (χ3v) is 6.49. The monoisotopic (exact) mass is 445 g/mol. The van der Waals surface area contributed by atoms with Crippen molar-refractivity contribution < 1.29 is 19.1 Å². The van der Waals surface area contributed by atoms with Gasteiger partial charge in [-0.1, -0.05) is 54.6 Å². The van der Waals surface area contributed by atoms with Gasteiger partial charge in [0, 0.05) is 23.8 Å². The Morgan fingerprint density at radius 3 is 2.52 bits per heavy atom. The minimum absolute atomic E-state index is 0.0517. The standard InChI is InChI=1S/C26H24FN3O3/c27-18-9-6-10-19(14-18)28-26(33)29-15-22-25(20-11-4-5-12-21(20)29)23(16-31)30(22)24(32)13-17-7-2-1-3-8-17/h1-12,14,22-23,25,31H,13,15-16H2,(H,28,33)/t22-,23+,25+/m1/s1. The Balaban J connectivity index is 1.42. The zero-order valence-electron chi connectivity index (χ0n) is 17.9. The molecule has 5 rings (SSSR count). The minimum Gasteiger partial charge on any atom is -0.394 e. The van der Waals surface area contributed by atoms with Gasteiger partial charge < -0.3 is 15.3 Å². The van der Waals surface area contributed by atoms with Crippen LogP contribution in [-0.2, 0) is 11.2 Å². The zero-order valence-corrected chi connectivity index (χ0v) is 17.9. The number of benzene rings is 3. The van der Waals surface area contributed by atoms with Crippen molar-refractivity contribution in [2.24, 2.45) is 0 Å². The second-order valence-electron chi connectivity index (χ2n) is 8.42.